The summed E-state index contributed by atoms with van der Waals surface area (Å²) in [6, 6.07) is 8.49. The van der Waals surface area contributed by atoms with Crippen LogP contribution in [0.1, 0.15) is 30.4 Å². The number of likely N-dealkylation sites (N-methyl/N-ethyl adjacent to an activating group) is 2. The molecule has 5 heteroatoms. The molecule has 5 nitrogen and oxygen atoms in total. The van der Waals surface area contributed by atoms with Gasteiger partial charge >= 0.3 is 6.03 Å². The molecule has 0 aromatic heterocycles. The standard InChI is InChI=1S/C20H27N3O2/c1-22-10-9-17(19(22)24)23(2)20(25)21-18-15-7-8-16(18)12-14-6-4-3-5-13(14)11-15/h3-6,15-18H,7-12H2,1-2H3,(H,21,25). The summed E-state index contributed by atoms with van der Waals surface area (Å²) in [5, 5.41) is 3.28. The molecule has 3 unspecified atom stereocenters. The first-order valence-electron chi connectivity index (χ1n) is 9.39. The van der Waals surface area contributed by atoms with Gasteiger partial charge in [0.25, 0.3) is 0 Å². The van der Waals surface area contributed by atoms with Gasteiger partial charge in [-0.25, -0.2) is 4.79 Å². The fourth-order valence-electron chi connectivity index (χ4n) is 4.94. The highest BCUT2D eigenvalue weighted by Crippen LogP contribution is 2.40. The van der Waals surface area contributed by atoms with Crippen molar-refractivity contribution in [1.82, 2.24) is 15.1 Å². The van der Waals surface area contributed by atoms with E-state index in [-0.39, 0.29) is 24.0 Å². The number of likely N-dealkylation sites (tertiary alicyclic amines) is 1. The summed E-state index contributed by atoms with van der Waals surface area (Å²) < 4.78 is 0. The predicted molar refractivity (Wildman–Crippen MR) is 96.2 cm³/mol. The van der Waals surface area contributed by atoms with Crippen molar-refractivity contribution < 1.29 is 9.59 Å². The van der Waals surface area contributed by atoms with Crippen molar-refractivity contribution in [2.75, 3.05) is 20.6 Å². The van der Waals surface area contributed by atoms with Crippen LogP contribution < -0.4 is 5.32 Å². The Labute approximate surface area is 149 Å². The highest BCUT2D eigenvalue weighted by Gasteiger charge is 2.41. The van der Waals surface area contributed by atoms with Crippen LogP contribution in [0.3, 0.4) is 0 Å². The van der Waals surface area contributed by atoms with Gasteiger partial charge in [0.2, 0.25) is 5.91 Å². The molecular formula is C20H27N3O2. The minimum absolute atomic E-state index is 0.0499. The molecular weight excluding hydrogens is 314 g/mol. The fourth-order valence-corrected chi connectivity index (χ4v) is 4.94. The molecule has 1 aromatic carbocycles. The zero-order valence-electron chi connectivity index (χ0n) is 15.1. The molecule has 2 fully saturated rings. The summed E-state index contributed by atoms with van der Waals surface area (Å²) in [5.74, 6) is 1.06. The number of rotatable bonds is 2. The molecule has 1 heterocycles. The summed E-state index contributed by atoms with van der Waals surface area (Å²) in [6.07, 6.45) is 5.18. The first kappa shape index (κ1) is 16.4. The highest BCUT2D eigenvalue weighted by molar-refractivity contribution is 5.88. The maximum Gasteiger partial charge on any atom is 0.318 e. The van der Waals surface area contributed by atoms with Gasteiger partial charge in [0.05, 0.1) is 0 Å². The van der Waals surface area contributed by atoms with Crippen LogP contribution >= 0.6 is 0 Å². The number of nitrogens with one attached hydrogen (secondary N) is 1. The number of hydrogen-bond acceptors (Lipinski definition) is 2. The Kier molecular flexibility index (Phi) is 4.18. The Hall–Kier alpha value is -2.04. The molecule has 3 amide bonds. The molecule has 3 aliphatic rings. The molecule has 1 aliphatic heterocycles. The fraction of sp³-hybridized carbons (Fsp3) is 0.600. The second-order valence-corrected chi connectivity index (χ2v) is 7.92. The largest absolute Gasteiger partial charge is 0.344 e. The molecule has 0 spiro atoms. The quantitative estimate of drug-likeness (QED) is 0.895. The summed E-state index contributed by atoms with van der Waals surface area (Å²) in [7, 11) is 3.56. The second-order valence-electron chi connectivity index (χ2n) is 7.92. The van der Waals surface area contributed by atoms with E-state index in [4.69, 9.17) is 0 Å². The van der Waals surface area contributed by atoms with Crippen molar-refractivity contribution in [2.24, 2.45) is 11.8 Å². The van der Waals surface area contributed by atoms with E-state index >= 15 is 0 Å². The van der Waals surface area contributed by atoms with Crippen molar-refractivity contribution in [3.05, 3.63) is 35.4 Å². The third-order valence-electron chi connectivity index (χ3n) is 6.48. The number of benzene rings is 1. The van der Waals surface area contributed by atoms with Crippen molar-refractivity contribution >= 4 is 11.9 Å². The summed E-state index contributed by atoms with van der Waals surface area (Å²) in [5.41, 5.74) is 2.88. The van der Waals surface area contributed by atoms with Gasteiger partial charge in [0.1, 0.15) is 6.04 Å². The van der Waals surface area contributed by atoms with Crippen LogP contribution in [0.5, 0.6) is 0 Å². The lowest BCUT2D eigenvalue weighted by Crippen LogP contribution is -2.52. The smallest absolute Gasteiger partial charge is 0.318 e. The molecule has 3 atom stereocenters. The van der Waals surface area contributed by atoms with Crippen molar-refractivity contribution in [1.29, 1.82) is 0 Å². The molecule has 1 saturated heterocycles. The zero-order valence-corrected chi connectivity index (χ0v) is 15.1. The molecule has 134 valence electrons. The molecule has 2 aliphatic carbocycles. The van der Waals surface area contributed by atoms with Gasteiger partial charge in [-0.05, 0) is 55.1 Å². The maximum atomic E-state index is 12.8. The molecule has 2 bridgehead atoms. The average molecular weight is 341 g/mol. The van der Waals surface area contributed by atoms with Gasteiger partial charge in [-0.15, -0.1) is 0 Å². The third-order valence-corrected chi connectivity index (χ3v) is 6.48. The van der Waals surface area contributed by atoms with Crippen LogP contribution in [-0.2, 0) is 17.6 Å². The Balaban J connectivity index is 1.46. The Morgan fingerprint density at radius 1 is 1.12 bits per heavy atom. The molecule has 4 rings (SSSR count). The number of urea groups is 1. The number of carbonyl (C=O) groups excluding carboxylic acids is 2. The number of amides is 3. The first-order valence-corrected chi connectivity index (χ1v) is 9.39. The van der Waals surface area contributed by atoms with Crippen molar-refractivity contribution in [3.8, 4) is 0 Å². The number of nitrogens with zero attached hydrogens (tertiary/aromatic N) is 2. The maximum absolute atomic E-state index is 12.8. The average Bonchev–Trinajstić information content (AvgIpc) is 3.06. The first-order chi connectivity index (χ1) is 12.0. The molecule has 1 saturated carbocycles. The van der Waals surface area contributed by atoms with Gasteiger partial charge in [-0.1, -0.05) is 24.3 Å². The lowest BCUT2D eigenvalue weighted by atomic mass is 9.94. The Morgan fingerprint density at radius 2 is 1.72 bits per heavy atom. The lowest BCUT2D eigenvalue weighted by molar-refractivity contribution is -0.129. The number of carbonyl (C=O) groups is 2. The van der Waals surface area contributed by atoms with Gasteiger partial charge in [-0.2, -0.15) is 0 Å². The van der Waals surface area contributed by atoms with E-state index in [1.54, 1.807) is 23.9 Å². The normalized spacial score (nSPS) is 30.8. The molecule has 1 aromatic rings. The zero-order chi connectivity index (χ0) is 17.6. The molecule has 25 heavy (non-hydrogen) atoms. The van der Waals surface area contributed by atoms with Gasteiger partial charge in [0.15, 0.2) is 0 Å². The van der Waals surface area contributed by atoms with E-state index in [0.29, 0.717) is 11.8 Å². The van der Waals surface area contributed by atoms with E-state index in [2.05, 4.69) is 29.6 Å². The van der Waals surface area contributed by atoms with Crippen LogP contribution in [0.25, 0.3) is 0 Å². The van der Waals surface area contributed by atoms with Crippen LogP contribution in [0, 0.1) is 11.8 Å². The van der Waals surface area contributed by atoms with Crippen LogP contribution in [0.2, 0.25) is 0 Å². The van der Waals surface area contributed by atoms with Crippen LogP contribution in [0.15, 0.2) is 24.3 Å². The van der Waals surface area contributed by atoms with Gasteiger partial charge < -0.3 is 15.1 Å². The summed E-state index contributed by atoms with van der Waals surface area (Å²) in [6.45, 7) is 0.727. The van der Waals surface area contributed by atoms with Crippen LogP contribution in [0.4, 0.5) is 4.79 Å². The van der Waals surface area contributed by atoms with E-state index < -0.39 is 0 Å². The monoisotopic (exact) mass is 341 g/mol. The predicted octanol–water partition coefficient (Wildman–Crippen LogP) is 2.05. The van der Waals surface area contributed by atoms with E-state index in [0.717, 1.165) is 25.8 Å². The van der Waals surface area contributed by atoms with E-state index in [1.165, 1.54) is 24.0 Å². The minimum Gasteiger partial charge on any atom is -0.344 e. The minimum atomic E-state index is -0.314. The topological polar surface area (TPSA) is 52.6 Å². The van der Waals surface area contributed by atoms with E-state index in [1.807, 2.05) is 0 Å². The number of fused-ring (bicyclic) bond motifs is 3. The van der Waals surface area contributed by atoms with Gasteiger partial charge in [-0.3, -0.25) is 4.79 Å². The summed E-state index contributed by atoms with van der Waals surface area (Å²) in [4.78, 5) is 28.3. The molecule has 0 radical (unpaired) electrons. The Bertz CT molecular complexity index is 656. The van der Waals surface area contributed by atoms with Crippen LogP contribution in [-0.4, -0.2) is 54.5 Å². The molecule has 1 N–H and O–H groups in total. The summed E-state index contributed by atoms with van der Waals surface area (Å²) >= 11 is 0. The van der Waals surface area contributed by atoms with Crippen molar-refractivity contribution in [3.63, 3.8) is 0 Å². The Morgan fingerprint density at radius 3 is 2.24 bits per heavy atom. The van der Waals surface area contributed by atoms with Gasteiger partial charge in [0, 0.05) is 26.7 Å². The third kappa shape index (κ3) is 2.90. The SMILES string of the molecule is CN1CCC(N(C)C(=O)NC2C3CCC2Cc2ccccc2C3)C1=O. The highest BCUT2D eigenvalue weighted by atomic mass is 16.2. The van der Waals surface area contributed by atoms with E-state index in [9.17, 15) is 9.59 Å². The lowest BCUT2D eigenvalue weighted by Gasteiger charge is -2.29. The number of hydrogen-bond donors (Lipinski definition) is 1. The van der Waals surface area contributed by atoms with Crippen molar-refractivity contribution in [2.45, 2.75) is 44.2 Å². The second kappa shape index (κ2) is 6.36.